The van der Waals surface area contributed by atoms with Crippen molar-refractivity contribution >= 4 is 21.8 Å². The molecule has 0 fully saturated rings. The highest BCUT2D eigenvalue weighted by atomic mass is 29.2. The molecule has 0 radical (unpaired) electrons. The van der Waals surface area contributed by atoms with Crippen LogP contribution >= 0.6 is 0 Å². The number of hydrogen-bond donors (Lipinski definition) is 1. The molecule has 20 heavy (non-hydrogen) atoms. The van der Waals surface area contributed by atoms with E-state index in [9.17, 15) is 14.4 Å². The molecule has 7 heteroatoms. The number of ether oxygens (including phenoxy) is 2. The Bertz CT molecular complexity index is 353. The molecule has 1 N–H and O–H groups in total. The van der Waals surface area contributed by atoms with Crippen LogP contribution in [-0.2, 0) is 18.7 Å². The molecule has 0 aliphatic heterocycles. The Morgan fingerprint density at radius 3 is 2.55 bits per heavy atom. The summed E-state index contributed by atoms with van der Waals surface area (Å²) in [6.45, 7) is 11.4. The van der Waals surface area contributed by atoms with E-state index in [-0.39, 0.29) is 13.2 Å². The molecule has 1 atom stereocenters. The molecule has 0 aromatic heterocycles. The van der Waals surface area contributed by atoms with Crippen LogP contribution in [0.2, 0.25) is 25.7 Å². The van der Waals surface area contributed by atoms with Gasteiger partial charge in [-0.15, -0.1) is 0 Å². The summed E-state index contributed by atoms with van der Waals surface area (Å²) in [7, 11) is -3.02. The molecule has 0 saturated carbocycles. The average Bonchev–Trinajstić information content (AvgIpc) is 2.35. The van der Waals surface area contributed by atoms with E-state index in [0.29, 0.717) is 6.61 Å². The van der Waals surface area contributed by atoms with Crippen LogP contribution in [0.1, 0.15) is 13.3 Å². The van der Waals surface area contributed by atoms with Crippen molar-refractivity contribution in [3.05, 3.63) is 12.7 Å². The van der Waals surface area contributed by atoms with Crippen LogP contribution in [0.4, 0.5) is 0 Å². The normalized spacial score (nSPS) is 14.4. The van der Waals surface area contributed by atoms with Crippen molar-refractivity contribution in [2.75, 3.05) is 19.8 Å². The number of carbonyl (C=O) groups is 1. The molecule has 0 amide bonds. The van der Waals surface area contributed by atoms with Gasteiger partial charge in [0.1, 0.15) is 19.8 Å². The van der Waals surface area contributed by atoms with Crippen LogP contribution in [0.15, 0.2) is 12.7 Å². The predicted molar refractivity (Wildman–Crippen MR) is 81.8 cm³/mol. The lowest BCUT2D eigenvalue weighted by Crippen LogP contribution is -2.38. The Balaban J connectivity index is 3.85. The first kappa shape index (κ1) is 19.4. The van der Waals surface area contributed by atoms with E-state index < -0.39 is 27.4 Å². The van der Waals surface area contributed by atoms with Crippen LogP contribution in [-0.4, -0.2) is 52.3 Å². The quantitative estimate of drug-likeness (QED) is 0.287. The number of carbonyl (C=O) groups excluding carboxylic acids is 1. The van der Waals surface area contributed by atoms with Gasteiger partial charge in [0.15, 0.2) is 0 Å². The van der Waals surface area contributed by atoms with Crippen LogP contribution in [0.5, 0.6) is 0 Å². The van der Waals surface area contributed by atoms with E-state index in [2.05, 4.69) is 19.7 Å². The van der Waals surface area contributed by atoms with Crippen LogP contribution in [0.25, 0.3) is 0 Å². The van der Waals surface area contributed by atoms with Gasteiger partial charge in [0.05, 0.1) is 6.61 Å². The van der Waals surface area contributed by atoms with Gasteiger partial charge < -0.3 is 19.0 Å². The SMILES string of the molecule is C=CC(=O)OCC(C)(O)COCCC[Si](C)(C)[Si](C)=O. The maximum atomic E-state index is 11.6. The van der Waals surface area contributed by atoms with E-state index in [4.69, 9.17) is 9.47 Å². The van der Waals surface area contributed by atoms with Gasteiger partial charge in [0.2, 0.25) is 0 Å². The zero-order chi connectivity index (χ0) is 15.8. The highest BCUT2D eigenvalue weighted by Gasteiger charge is 2.28. The molecule has 5 nitrogen and oxygen atoms in total. The molecule has 116 valence electrons. The highest BCUT2D eigenvalue weighted by molar-refractivity contribution is 7.25. The summed E-state index contributed by atoms with van der Waals surface area (Å²) in [5.74, 6) is -0.564. The molecular formula is C13H26O5Si2. The molecule has 0 bridgehead atoms. The summed E-state index contributed by atoms with van der Waals surface area (Å²) in [6.07, 6.45) is 1.89. The molecule has 0 rings (SSSR count). The fraction of sp³-hybridized carbons (Fsp3) is 0.769. The highest BCUT2D eigenvalue weighted by Crippen LogP contribution is 2.13. The van der Waals surface area contributed by atoms with Crippen molar-refractivity contribution in [2.24, 2.45) is 0 Å². The Labute approximate surface area is 123 Å². The van der Waals surface area contributed by atoms with Crippen molar-refractivity contribution < 1.29 is 23.8 Å². The lowest BCUT2D eigenvalue weighted by atomic mass is 10.1. The van der Waals surface area contributed by atoms with Gasteiger partial charge in [0, 0.05) is 12.7 Å². The second-order valence-corrected chi connectivity index (χ2v) is 17.5. The molecule has 1 unspecified atom stereocenters. The number of aliphatic hydroxyl groups is 1. The van der Waals surface area contributed by atoms with Crippen molar-refractivity contribution in [2.45, 2.75) is 44.6 Å². The van der Waals surface area contributed by atoms with Gasteiger partial charge in [-0.05, 0) is 19.9 Å². The van der Waals surface area contributed by atoms with E-state index in [1.54, 1.807) is 6.92 Å². The van der Waals surface area contributed by atoms with Crippen molar-refractivity contribution in [1.29, 1.82) is 0 Å². The first-order valence-corrected chi connectivity index (χ1v) is 12.8. The lowest BCUT2D eigenvalue weighted by molar-refractivity contribution is -0.148. The molecule has 0 aliphatic rings. The Morgan fingerprint density at radius 1 is 1.45 bits per heavy atom. The minimum atomic E-state index is -1.59. The summed E-state index contributed by atoms with van der Waals surface area (Å²) < 4.78 is 21.8. The smallest absolute Gasteiger partial charge is 0.330 e. The number of hydrogen-bond acceptors (Lipinski definition) is 5. The Kier molecular flexibility index (Phi) is 8.33. The van der Waals surface area contributed by atoms with Crippen molar-refractivity contribution in [1.82, 2.24) is 0 Å². The molecule has 0 saturated heterocycles. The fourth-order valence-electron chi connectivity index (χ4n) is 1.41. The predicted octanol–water partition coefficient (Wildman–Crippen LogP) is 1.71. The number of esters is 1. The molecule has 0 aliphatic carbocycles. The molecule has 0 spiro atoms. The largest absolute Gasteiger partial charge is 0.459 e. The van der Waals surface area contributed by atoms with Crippen LogP contribution in [0.3, 0.4) is 0 Å². The first-order valence-electron chi connectivity index (χ1n) is 6.71. The Morgan fingerprint density at radius 2 is 2.05 bits per heavy atom. The average molecular weight is 319 g/mol. The zero-order valence-corrected chi connectivity index (χ0v) is 14.9. The summed E-state index contributed by atoms with van der Waals surface area (Å²) >= 11 is 0. The molecule has 0 aromatic carbocycles. The van der Waals surface area contributed by atoms with E-state index >= 15 is 0 Å². The second-order valence-electron chi connectivity index (χ2n) is 5.90. The summed E-state index contributed by atoms with van der Waals surface area (Å²) in [4.78, 5) is 10.9. The van der Waals surface area contributed by atoms with E-state index in [1.807, 2.05) is 6.55 Å². The Hall–Kier alpha value is -0.636. The van der Waals surface area contributed by atoms with Gasteiger partial charge in [-0.2, -0.15) is 0 Å². The minimum absolute atomic E-state index is 0.0979. The lowest BCUT2D eigenvalue weighted by Gasteiger charge is -2.23. The maximum absolute atomic E-state index is 11.6. The number of rotatable bonds is 10. The van der Waals surface area contributed by atoms with E-state index in [0.717, 1.165) is 18.5 Å². The maximum Gasteiger partial charge on any atom is 0.330 e. The van der Waals surface area contributed by atoms with Gasteiger partial charge >= 0.3 is 5.97 Å². The van der Waals surface area contributed by atoms with Gasteiger partial charge in [0.25, 0.3) is 8.20 Å². The van der Waals surface area contributed by atoms with Gasteiger partial charge in [-0.25, -0.2) is 4.79 Å². The minimum Gasteiger partial charge on any atom is -0.459 e. The second kappa shape index (κ2) is 8.61. The summed E-state index contributed by atoms with van der Waals surface area (Å²) in [6, 6.07) is 0.953. The van der Waals surface area contributed by atoms with E-state index in [1.165, 1.54) is 0 Å². The molecular weight excluding hydrogens is 292 g/mol. The zero-order valence-electron chi connectivity index (χ0n) is 12.9. The fourth-order valence-corrected chi connectivity index (χ4v) is 4.38. The van der Waals surface area contributed by atoms with Crippen molar-refractivity contribution in [3.8, 4) is 0 Å². The summed E-state index contributed by atoms with van der Waals surface area (Å²) in [5, 5.41) is 9.93. The first-order chi connectivity index (χ1) is 9.10. The van der Waals surface area contributed by atoms with Gasteiger partial charge in [-0.3, -0.25) is 0 Å². The molecule has 0 aromatic rings. The third-order valence-electron chi connectivity index (χ3n) is 3.15. The van der Waals surface area contributed by atoms with Crippen LogP contribution < -0.4 is 0 Å². The third kappa shape index (κ3) is 8.52. The topological polar surface area (TPSA) is 72.8 Å². The third-order valence-corrected chi connectivity index (χ3v) is 13.1. The van der Waals surface area contributed by atoms with Crippen LogP contribution in [0, 0.1) is 0 Å². The van der Waals surface area contributed by atoms with Crippen molar-refractivity contribution in [3.63, 3.8) is 0 Å². The van der Waals surface area contributed by atoms with Gasteiger partial charge in [-0.1, -0.05) is 25.7 Å². The standard InChI is InChI=1S/C13H26O5Si2/c1-6-12(14)18-11-13(2,15)10-17-8-7-9-20(4,5)19(3)16/h6,15H,1,7-11H2,2-5H3. The monoisotopic (exact) mass is 318 g/mol. The summed E-state index contributed by atoms with van der Waals surface area (Å²) in [5.41, 5.74) is -1.20. The molecule has 0 heterocycles.